The van der Waals surface area contributed by atoms with Crippen LogP contribution < -0.4 is 5.32 Å². The summed E-state index contributed by atoms with van der Waals surface area (Å²) >= 11 is 0. The molecule has 7 heteroatoms. The number of nitrogens with one attached hydrogen (secondary N) is 1. The van der Waals surface area contributed by atoms with Crippen molar-refractivity contribution in [2.24, 2.45) is 5.92 Å². The maximum atomic E-state index is 12.5. The number of anilines is 1. The molecule has 2 fully saturated rings. The van der Waals surface area contributed by atoms with Gasteiger partial charge in [-0.1, -0.05) is 0 Å². The highest BCUT2D eigenvalue weighted by Gasteiger charge is 2.41. The standard InChI is InChI=1S/C17H21N5O2/c1-10(2)22-16-11(7-19-22)5-13(8-18-16)20-17(24)12-6-15(23)21(9-12)14-3-4-14/h5,7-8,10,12,14H,3-4,6,9H2,1-2H3,(H,20,24)/t12-/m0/s1. The number of hydrogen-bond acceptors (Lipinski definition) is 4. The van der Waals surface area contributed by atoms with Crippen LogP contribution >= 0.6 is 0 Å². The summed E-state index contributed by atoms with van der Waals surface area (Å²) in [7, 11) is 0. The van der Waals surface area contributed by atoms with E-state index in [9.17, 15) is 9.59 Å². The number of fused-ring (bicyclic) bond motifs is 1. The number of amides is 2. The molecule has 2 aliphatic rings. The van der Waals surface area contributed by atoms with E-state index in [1.54, 1.807) is 12.4 Å². The molecule has 24 heavy (non-hydrogen) atoms. The third-order valence-electron chi connectivity index (χ3n) is 4.71. The lowest BCUT2D eigenvalue weighted by Gasteiger charge is -2.15. The summed E-state index contributed by atoms with van der Waals surface area (Å²) in [5.41, 5.74) is 1.45. The molecular formula is C17H21N5O2. The highest BCUT2D eigenvalue weighted by atomic mass is 16.2. The number of likely N-dealkylation sites (tertiary alicyclic amines) is 1. The molecule has 7 nitrogen and oxygen atoms in total. The molecule has 4 rings (SSSR count). The molecule has 126 valence electrons. The van der Waals surface area contributed by atoms with E-state index in [0.29, 0.717) is 24.7 Å². The molecule has 2 aromatic rings. The van der Waals surface area contributed by atoms with Gasteiger partial charge in [-0.15, -0.1) is 0 Å². The summed E-state index contributed by atoms with van der Waals surface area (Å²) in [6, 6.07) is 2.48. The Morgan fingerprint density at radius 3 is 2.83 bits per heavy atom. The molecule has 2 aromatic heterocycles. The molecule has 0 spiro atoms. The third kappa shape index (κ3) is 2.64. The van der Waals surface area contributed by atoms with Gasteiger partial charge >= 0.3 is 0 Å². The summed E-state index contributed by atoms with van der Waals surface area (Å²) in [6.45, 7) is 4.63. The molecule has 0 bridgehead atoms. The predicted molar refractivity (Wildman–Crippen MR) is 89.4 cm³/mol. The van der Waals surface area contributed by atoms with Crippen molar-refractivity contribution in [1.82, 2.24) is 19.7 Å². The lowest BCUT2D eigenvalue weighted by atomic mass is 10.1. The van der Waals surface area contributed by atoms with Gasteiger partial charge in [-0.25, -0.2) is 9.67 Å². The Morgan fingerprint density at radius 2 is 2.12 bits per heavy atom. The van der Waals surface area contributed by atoms with Gasteiger partial charge in [0.15, 0.2) is 5.65 Å². The van der Waals surface area contributed by atoms with Gasteiger partial charge in [-0.05, 0) is 32.8 Å². The molecule has 1 saturated heterocycles. The smallest absolute Gasteiger partial charge is 0.229 e. The topological polar surface area (TPSA) is 80.1 Å². The predicted octanol–water partition coefficient (Wildman–Crippen LogP) is 1.96. The average molecular weight is 327 g/mol. The first-order chi connectivity index (χ1) is 11.5. The van der Waals surface area contributed by atoms with Crippen LogP contribution in [0, 0.1) is 5.92 Å². The van der Waals surface area contributed by atoms with Crippen molar-refractivity contribution in [3.8, 4) is 0 Å². The minimum absolute atomic E-state index is 0.101. The molecule has 0 unspecified atom stereocenters. The Labute approximate surface area is 140 Å². The molecule has 1 atom stereocenters. The molecule has 1 saturated carbocycles. The fourth-order valence-corrected chi connectivity index (χ4v) is 3.28. The van der Waals surface area contributed by atoms with Crippen molar-refractivity contribution in [2.45, 2.75) is 45.2 Å². The Hall–Kier alpha value is -2.44. The fourth-order valence-electron chi connectivity index (χ4n) is 3.28. The van der Waals surface area contributed by atoms with Gasteiger partial charge in [-0.3, -0.25) is 9.59 Å². The monoisotopic (exact) mass is 327 g/mol. The maximum Gasteiger partial charge on any atom is 0.229 e. The zero-order valence-corrected chi connectivity index (χ0v) is 13.9. The van der Waals surface area contributed by atoms with Crippen molar-refractivity contribution >= 4 is 28.5 Å². The second kappa shape index (κ2) is 5.58. The third-order valence-corrected chi connectivity index (χ3v) is 4.71. The van der Waals surface area contributed by atoms with Crippen molar-refractivity contribution in [3.05, 3.63) is 18.5 Å². The average Bonchev–Trinajstić information content (AvgIpc) is 3.17. The minimum Gasteiger partial charge on any atom is -0.339 e. The highest BCUT2D eigenvalue weighted by molar-refractivity contribution is 5.98. The van der Waals surface area contributed by atoms with Crippen LogP contribution in [-0.4, -0.2) is 44.1 Å². The van der Waals surface area contributed by atoms with Crippen LogP contribution in [0.25, 0.3) is 11.0 Å². The van der Waals surface area contributed by atoms with Crippen molar-refractivity contribution in [1.29, 1.82) is 0 Å². The number of pyridine rings is 1. The normalized spacial score (nSPS) is 21.0. The lowest BCUT2D eigenvalue weighted by Crippen LogP contribution is -2.29. The number of hydrogen-bond donors (Lipinski definition) is 1. The Balaban J connectivity index is 1.48. The van der Waals surface area contributed by atoms with Crippen LogP contribution in [0.15, 0.2) is 18.5 Å². The summed E-state index contributed by atoms with van der Waals surface area (Å²) < 4.78 is 1.85. The second-order valence-corrected chi connectivity index (χ2v) is 6.99. The Kier molecular flexibility index (Phi) is 3.51. The van der Waals surface area contributed by atoms with Crippen LogP contribution in [0.3, 0.4) is 0 Å². The van der Waals surface area contributed by atoms with E-state index in [2.05, 4.69) is 15.4 Å². The Bertz CT molecular complexity index is 808. The zero-order chi connectivity index (χ0) is 16.8. The van der Waals surface area contributed by atoms with E-state index in [-0.39, 0.29) is 23.8 Å². The van der Waals surface area contributed by atoms with Gasteiger partial charge in [0.2, 0.25) is 11.8 Å². The first-order valence-corrected chi connectivity index (χ1v) is 8.46. The number of rotatable bonds is 4. The number of nitrogens with zero attached hydrogens (tertiary/aromatic N) is 4. The molecular weight excluding hydrogens is 306 g/mol. The molecule has 3 heterocycles. The molecule has 2 amide bonds. The first-order valence-electron chi connectivity index (χ1n) is 8.46. The van der Waals surface area contributed by atoms with E-state index in [1.807, 2.05) is 29.5 Å². The number of carbonyl (C=O) groups excluding carboxylic acids is 2. The van der Waals surface area contributed by atoms with Crippen LogP contribution in [-0.2, 0) is 9.59 Å². The van der Waals surface area contributed by atoms with Gasteiger partial charge in [0, 0.05) is 30.4 Å². The summed E-state index contributed by atoms with van der Waals surface area (Å²) in [5.74, 6) is -0.277. The van der Waals surface area contributed by atoms with Crippen molar-refractivity contribution in [3.63, 3.8) is 0 Å². The maximum absolute atomic E-state index is 12.5. The van der Waals surface area contributed by atoms with Gasteiger partial charge in [0.25, 0.3) is 0 Å². The SMILES string of the molecule is CC(C)n1ncc2cc(NC(=O)[C@H]3CC(=O)N(C4CC4)C3)cnc21. The quantitative estimate of drug-likeness (QED) is 0.931. The Morgan fingerprint density at radius 1 is 1.33 bits per heavy atom. The lowest BCUT2D eigenvalue weighted by molar-refractivity contribution is -0.128. The summed E-state index contributed by atoms with van der Waals surface area (Å²) in [5, 5.41) is 8.12. The van der Waals surface area contributed by atoms with E-state index in [1.165, 1.54) is 0 Å². The minimum atomic E-state index is -0.271. The highest BCUT2D eigenvalue weighted by Crippen LogP contribution is 2.33. The number of aromatic nitrogens is 3. The number of carbonyl (C=O) groups is 2. The molecule has 0 radical (unpaired) electrons. The van der Waals surface area contributed by atoms with Crippen LogP contribution in [0.4, 0.5) is 5.69 Å². The van der Waals surface area contributed by atoms with Crippen molar-refractivity contribution in [2.75, 3.05) is 11.9 Å². The van der Waals surface area contributed by atoms with E-state index in [4.69, 9.17) is 0 Å². The van der Waals surface area contributed by atoms with Crippen LogP contribution in [0.2, 0.25) is 0 Å². The second-order valence-electron chi connectivity index (χ2n) is 6.99. The largest absolute Gasteiger partial charge is 0.339 e. The van der Waals surface area contributed by atoms with Crippen LogP contribution in [0.1, 0.15) is 39.2 Å². The summed E-state index contributed by atoms with van der Waals surface area (Å²) in [6.07, 6.45) is 5.85. The first kappa shape index (κ1) is 15.1. The molecule has 0 aromatic carbocycles. The van der Waals surface area contributed by atoms with Crippen LogP contribution in [0.5, 0.6) is 0 Å². The molecule has 1 aliphatic carbocycles. The van der Waals surface area contributed by atoms with Gasteiger partial charge in [0.1, 0.15) is 0 Å². The van der Waals surface area contributed by atoms with Gasteiger partial charge in [0.05, 0.1) is 24.0 Å². The fraction of sp³-hybridized carbons (Fsp3) is 0.529. The molecule has 1 aliphatic heterocycles. The van der Waals surface area contributed by atoms with E-state index < -0.39 is 0 Å². The van der Waals surface area contributed by atoms with E-state index in [0.717, 1.165) is 23.9 Å². The van der Waals surface area contributed by atoms with Crippen molar-refractivity contribution < 1.29 is 9.59 Å². The summed E-state index contributed by atoms with van der Waals surface area (Å²) in [4.78, 5) is 30.7. The van der Waals surface area contributed by atoms with E-state index >= 15 is 0 Å². The zero-order valence-electron chi connectivity index (χ0n) is 13.9. The van der Waals surface area contributed by atoms with Gasteiger partial charge in [-0.2, -0.15) is 5.10 Å². The molecule has 1 N–H and O–H groups in total. The van der Waals surface area contributed by atoms with Gasteiger partial charge < -0.3 is 10.2 Å².